The highest BCUT2D eigenvalue weighted by atomic mass is 14.8. The zero-order valence-electron chi connectivity index (χ0n) is 7.28. The lowest BCUT2D eigenvalue weighted by molar-refractivity contribution is 0.912. The van der Waals surface area contributed by atoms with E-state index in [1.165, 1.54) is 5.57 Å². The third-order valence-electron chi connectivity index (χ3n) is 0.714. The summed E-state index contributed by atoms with van der Waals surface area (Å²) in [5, 5.41) is 3.02. The van der Waals surface area contributed by atoms with Crippen molar-refractivity contribution in [3.05, 3.63) is 11.6 Å². The summed E-state index contributed by atoms with van der Waals surface area (Å²) in [6, 6.07) is 0. The lowest BCUT2D eigenvalue weighted by Gasteiger charge is -1.88. The average molecular weight is 129 g/mol. The first kappa shape index (κ1) is 11.5. The van der Waals surface area contributed by atoms with Crippen molar-refractivity contribution in [3.8, 4) is 0 Å². The van der Waals surface area contributed by atoms with Crippen LogP contribution in [-0.4, -0.2) is 13.6 Å². The first-order valence-corrected chi connectivity index (χ1v) is 3.55. The molecule has 1 N–H and O–H groups in total. The van der Waals surface area contributed by atoms with E-state index in [9.17, 15) is 0 Å². The summed E-state index contributed by atoms with van der Waals surface area (Å²) in [4.78, 5) is 0. The highest BCUT2D eigenvalue weighted by molar-refractivity contribution is 4.93. The molecule has 1 heteroatoms. The molecule has 56 valence electrons. The van der Waals surface area contributed by atoms with Gasteiger partial charge in [0.15, 0.2) is 0 Å². The molecule has 0 heterocycles. The normalized spacial score (nSPS) is 7.22. The van der Waals surface area contributed by atoms with Crippen LogP contribution in [0.1, 0.15) is 27.7 Å². The summed E-state index contributed by atoms with van der Waals surface area (Å²) in [6.07, 6.45) is 2.15. The van der Waals surface area contributed by atoms with Crippen molar-refractivity contribution in [2.45, 2.75) is 27.7 Å². The van der Waals surface area contributed by atoms with Crippen LogP contribution in [0.15, 0.2) is 11.6 Å². The Morgan fingerprint density at radius 2 is 1.78 bits per heavy atom. The zero-order chi connectivity index (χ0) is 7.70. The Labute approximate surface area is 59.2 Å². The summed E-state index contributed by atoms with van der Waals surface area (Å²) in [5.41, 5.74) is 1.37. The molecule has 0 rings (SSSR count). The van der Waals surface area contributed by atoms with Gasteiger partial charge in [0.1, 0.15) is 0 Å². The summed E-state index contributed by atoms with van der Waals surface area (Å²) in [7, 11) is 1.94. The van der Waals surface area contributed by atoms with E-state index in [0.29, 0.717) is 0 Å². The van der Waals surface area contributed by atoms with Gasteiger partial charge < -0.3 is 5.32 Å². The highest BCUT2D eigenvalue weighted by Gasteiger charge is 1.71. The minimum Gasteiger partial charge on any atom is -0.316 e. The monoisotopic (exact) mass is 129 g/mol. The largest absolute Gasteiger partial charge is 0.316 e. The molecule has 0 aromatic heterocycles. The van der Waals surface area contributed by atoms with Gasteiger partial charge in [-0.05, 0) is 20.9 Å². The molecule has 0 radical (unpaired) electrons. The first-order chi connectivity index (χ1) is 4.27. The third kappa shape index (κ3) is 18.3. The molecular weight excluding hydrogens is 110 g/mol. The Hall–Kier alpha value is -0.300. The van der Waals surface area contributed by atoms with E-state index in [-0.39, 0.29) is 0 Å². The average Bonchev–Trinajstić information content (AvgIpc) is 1.88. The number of allylic oxidation sites excluding steroid dienone is 1. The van der Waals surface area contributed by atoms with Gasteiger partial charge >= 0.3 is 0 Å². The second kappa shape index (κ2) is 10.6. The Kier molecular flexibility index (Phi) is 13.6. The molecule has 0 saturated heterocycles. The number of hydrogen-bond donors (Lipinski definition) is 1. The van der Waals surface area contributed by atoms with Crippen LogP contribution in [0.3, 0.4) is 0 Å². The fraction of sp³-hybridized carbons (Fsp3) is 0.750. The molecule has 0 aromatic carbocycles. The SMILES string of the molecule is CC.CNCC=C(C)C. The van der Waals surface area contributed by atoms with Gasteiger partial charge in [-0.2, -0.15) is 0 Å². The van der Waals surface area contributed by atoms with Gasteiger partial charge in [0, 0.05) is 6.54 Å². The molecule has 0 aliphatic carbocycles. The van der Waals surface area contributed by atoms with Crippen LogP contribution < -0.4 is 5.32 Å². The van der Waals surface area contributed by atoms with E-state index in [1.54, 1.807) is 0 Å². The Bertz CT molecular complexity index is 61.0. The quantitative estimate of drug-likeness (QED) is 0.564. The molecule has 9 heavy (non-hydrogen) atoms. The second-order valence-corrected chi connectivity index (χ2v) is 1.84. The van der Waals surface area contributed by atoms with Crippen molar-refractivity contribution in [2.75, 3.05) is 13.6 Å². The van der Waals surface area contributed by atoms with Crippen molar-refractivity contribution >= 4 is 0 Å². The maximum Gasteiger partial charge on any atom is 0.0134 e. The van der Waals surface area contributed by atoms with Gasteiger partial charge in [-0.3, -0.25) is 0 Å². The maximum atomic E-state index is 3.02. The lowest BCUT2D eigenvalue weighted by atomic mass is 10.3. The van der Waals surface area contributed by atoms with Crippen LogP contribution in [0.5, 0.6) is 0 Å². The zero-order valence-corrected chi connectivity index (χ0v) is 7.28. The van der Waals surface area contributed by atoms with Crippen molar-refractivity contribution in [1.82, 2.24) is 5.32 Å². The lowest BCUT2D eigenvalue weighted by Crippen LogP contribution is -2.04. The summed E-state index contributed by atoms with van der Waals surface area (Å²) in [5.74, 6) is 0. The molecule has 0 atom stereocenters. The standard InChI is InChI=1S/C6H13N.C2H6/c1-6(2)4-5-7-3;1-2/h4,7H,5H2,1-3H3;1-2H3. The first-order valence-electron chi connectivity index (χ1n) is 3.55. The van der Waals surface area contributed by atoms with E-state index >= 15 is 0 Å². The molecule has 0 fully saturated rings. The van der Waals surface area contributed by atoms with Crippen molar-refractivity contribution in [1.29, 1.82) is 0 Å². The third-order valence-corrected chi connectivity index (χ3v) is 0.714. The van der Waals surface area contributed by atoms with Crippen LogP contribution in [0.25, 0.3) is 0 Å². The van der Waals surface area contributed by atoms with Crippen molar-refractivity contribution in [3.63, 3.8) is 0 Å². The van der Waals surface area contributed by atoms with Crippen LogP contribution in [-0.2, 0) is 0 Å². The number of hydrogen-bond acceptors (Lipinski definition) is 1. The van der Waals surface area contributed by atoms with Crippen LogP contribution in [0.2, 0.25) is 0 Å². The van der Waals surface area contributed by atoms with E-state index < -0.39 is 0 Å². The molecular formula is C8H19N. The second-order valence-electron chi connectivity index (χ2n) is 1.84. The van der Waals surface area contributed by atoms with Gasteiger partial charge in [-0.1, -0.05) is 25.5 Å². The fourth-order valence-electron chi connectivity index (χ4n) is 0.306. The Balaban J connectivity index is 0. The predicted octanol–water partition coefficient (Wildman–Crippen LogP) is 2.20. The van der Waals surface area contributed by atoms with Crippen LogP contribution in [0, 0.1) is 0 Å². The van der Waals surface area contributed by atoms with Crippen LogP contribution in [0.4, 0.5) is 0 Å². The minimum absolute atomic E-state index is 0.988. The molecule has 0 amide bonds. The van der Waals surface area contributed by atoms with Gasteiger partial charge in [0.2, 0.25) is 0 Å². The van der Waals surface area contributed by atoms with Gasteiger partial charge in [0.05, 0.1) is 0 Å². The molecule has 0 aliphatic heterocycles. The van der Waals surface area contributed by atoms with Crippen molar-refractivity contribution < 1.29 is 0 Å². The van der Waals surface area contributed by atoms with Crippen molar-refractivity contribution in [2.24, 2.45) is 0 Å². The van der Waals surface area contributed by atoms with Gasteiger partial charge in [-0.25, -0.2) is 0 Å². The minimum atomic E-state index is 0.988. The number of rotatable bonds is 2. The number of likely N-dealkylation sites (N-methyl/N-ethyl adjacent to an activating group) is 1. The van der Waals surface area contributed by atoms with Crippen LogP contribution >= 0.6 is 0 Å². The number of nitrogens with one attached hydrogen (secondary N) is 1. The molecule has 0 unspecified atom stereocenters. The van der Waals surface area contributed by atoms with E-state index in [0.717, 1.165) is 6.54 Å². The molecule has 0 aromatic rings. The summed E-state index contributed by atoms with van der Waals surface area (Å²) < 4.78 is 0. The molecule has 0 saturated carbocycles. The Morgan fingerprint density at radius 3 is 1.89 bits per heavy atom. The predicted molar refractivity (Wildman–Crippen MR) is 44.7 cm³/mol. The van der Waals surface area contributed by atoms with E-state index in [4.69, 9.17) is 0 Å². The van der Waals surface area contributed by atoms with E-state index in [1.807, 2.05) is 20.9 Å². The topological polar surface area (TPSA) is 12.0 Å². The molecule has 0 spiro atoms. The summed E-state index contributed by atoms with van der Waals surface area (Å²) >= 11 is 0. The smallest absolute Gasteiger partial charge is 0.0134 e. The highest BCUT2D eigenvalue weighted by Crippen LogP contribution is 1.83. The summed E-state index contributed by atoms with van der Waals surface area (Å²) in [6.45, 7) is 9.18. The molecule has 1 nitrogen and oxygen atoms in total. The molecule has 0 aliphatic rings. The van der Waals surface area contributed by atoms with E-state index in [2.05, 4.69) is 25.2 Å². The molecule has 0 bridgehead atoms. The fourth-order valence-corrected chi connectivity index (χ4v) is 0.306. The Morgan fingerprint density at radius 1 is 1.33 bits per heavy atom. The van der Waals surface area contributed by atoms with Gasteiger partial charge in [0.25, 0.3) is 0 Å². The maximum absolute atomic E-state index is 3.02. The van der Waals surface area contributed by atoms with Gasteiger partial charge in [-0.15, -0.1) is 0 Å².